The molecule has 0 saturated carbocycles. The number of nitrogens with one attached hydrogen (secondary N) is 1. The van der Waals surface area contributed by atoms with Gasteiger partial charge in [-0.25, -0.2) is 0 Å². The molecule has 112 valence electrons. The topological polar surface area (TPSA) is 67.4 Å². The fraction of sp³-hybridized carbons (Fsp3) is 0.769. The Morgan fingerprint density at radius 1 is 1.55 bits per heavy atom. The highest BCUT2D eigenvalue weighted by Crippen LogP contribution is 2.21. The minimum atomic E-state index is -0.00662. The van der Waals surface area contributed by atoms with Gasteiger partial charge in [-0.3, -0.25) is 4.79 Å². The minimum absolute atomic E-state index is 0.00662. The molecule has 0 aliphatic carbocycles. The Balaban J connectivity index is 1.94. The number of ether oxygens (including phenoxy) is 1. The van der Waals surface area contributed by atoms with E-state index in [2.05, 4.69) is 22.4 Å². The molecule has 1 N–H and O–H groups in total. The van der Waals surface area contributed by atoms with Crippen molar-refractivity contribution in [2.75, 3.05) is 38.7 Å². The summed E-state index contributed by atoms with van der Waals surface area (Å²) in [6, 6.07) is 0. The van der Waals surface area contributed by atoms with Crippen LogP contribution in [0.4, 0.5) is 5.13 Å². The van der Waals surface area contributed by atoms with Crippen molar-refractivity contribution in [1.29, 1.82) is 0 Å². The number of hydrogen-bond donors (Lipinski definition) is 1. The van der Waals surface area contributed by atoms with Gasteiger partial charge >= 0.3 is 0 Å². The maximum atomic E-state index is 12.4. The van der Waals surface area contributed by atoms with Crippen LogP contribution in [0.25, 0.3) is 0 Å². The Bertz CT molecular complexity index is 436. The van der Waals surface area contributed by atoms with Crippen molar-refractivity contribution >= 4 is 22.4 Å². The van der Waals surface area contributed by atoms with Gasteiger partial charge in [0.05, 0.1) is 6.61 Å². The number of nitrogens with zero attached hydrogens (tertiary/aromatic N) is 3. The summed E-state index contributed by atoms with van der Waals surface area (Å²) in [5.74, 6) is 0.427. The van der Waals surface area contributed by atoms with Crippen LogP contribution in [-0.2, 0) is 4.74 Å². The second-order valence-corrected chi connectivity index (χ2v) is 6.03. The van der Waals surface area contributed by atoms with E-state index in [1.54, 1.807) is 7.11 Å². The van der Waals surface area contributed by atoms with Crippen molar-refractivity contribution < 1.29 is 9.53 Å². The first-order chi connectivity index (χ1) is 9.74. The van der Waals surface area contributed by atoms with E-state index >= 15 is 0 Å². The maximum Gasteiger partial charge on any atom is 0.284 e. The van der Waals surface area contributed by atoms with Crippen LogP contribution in [0.15, 0.2) is 0 Å². The van der Waals surface area contributed by atoms with Gasteiger partial charge in [0.2, 0.25) is 10.1 Å². The molecule has 2 rings (SSSR count). The van der Waals surface area contributed by atoms with Crippen molar-refractivity contribution in [2.24, 2.45) is 5.92 Å². The molecule has 1 unspecified atom stereocenters. The van der Waals surface area contributed by atoms with E-state index in [9.17, 15) is 4.79 Å². The smallest absolute Gasteiger partial charge is 0.284 e. The molecule has 6 nitrogen and oxygen atoms in total. The standard InChI is InChI=1S/C13H22N4O2S/c1-3-6-14-13-16-15-11(20-13)12(18)17-7-4-5-10(8-17)9-19-2/h10H,3-9H2,1-2H3,(H,14,16). The lowest BCUT2D eigenvalue weighted by atomic mass is 9.99. The lowest BCUT2D eigenvalue weighted by Crippen LogP contribution is -2.41. The fourth-order valence-electron chi connectivity index (χ4n) is 2.37. The molecular formula is C13H22N4O2S. The van der Waals surface area contributed by atoms with Gasteiger partial charge in [-0.05, 0) is 25.2 Å². The number of anilines is 1. The van der Waals surface area contributed by atoms with E-state index in [1.807, 2.05) is 4.90 Å². The fourth-order valence-corrected chi connectivity index (χ4v) is 3.11. The van der Waals surface area contributed by atoms with Gasteiger partial charge in [-0.1, -0.05) is 18.3 Å². The molecule has 1 aromatic heterocycles. The molecule has 1 aliphatic heterocycles. The Hall–Kier alpha value is -1.21. The largest absolute Gasteiger partial charge is 0.384 e. The zero-order chi connectivity index (χ0) is 14.4. The van der Waals surface area contributed by atoms with E-state index in [1.165, 1.54) is 11.3 Å². The summed E-state index contributed by atoms with van der Waals surface area (Å²) in [6.07, 6.45) is 3.17. The van der Waals surface area contributed by atoms with Crippen molar-refractivity contribution in [3.63, 3.8) is 0 Å². The molecule has 1 saturated heterocycles. The third-order valence-electron chi connectivity index (χ3n) is 3.34. The zero-order valence-corrected chi connectivity index (χ0v) is 12.9. The van der Waals surface area contributed by atoms with Crippen molar-refractivity contribution in [1.82, 2.24) is 15.1 Å². The van der Waals surface area contributed by atoms with Gasteiger partial charge < -0.3 is 15.0 Å². The third kappa shape index (κ3) is 3.89. The van der Waals surface area contributed by atoms with E-state index in [0.717, 1.165) is 44.0 Å². The molecule has 1 fully saturated rings. The molecule has 1 aliphatic rings. The average Bonchev–Trinajstić information content (AvgIpc) is 2.94. The summed E-state index contributed by atoms with van der Waals surface area (Å²) in [5.41, 5.74) is 0. The van der Waals surface area contributed by atoms with Crippen LogP contribution in [0.1, 0.15) is 36.0 Å². The molecule has 7 heteroatoms. The molecule has 20 heavy (non-hydrogen) atoms. The monoisotopic (exact) mass is 298 g/mol. The van der Waals surface area contributed by atoms with Crippen LogP contribution in [0.2, 0.25) is 0 Å². The molecule has 1 amide bonds. The summed E-state index contributed by atoms with van der Waals surface area (Å²) < 4.78 is 5.19. The summed E-state index contributed by atoms with van der Waals surface area (Å²) in [4.78, 5) is 14.3. The van der Waals surface area contributed by atoms with Crippen LogP contribution in [0.3, 0.4) is 0 Å². The number of methoxy groups -OCH3 is 1. The second-order valence-electron chi connectivity index (χ2n) is 5.05. The number of amides is 1. The van der Waals surface area contributed by atoms with Gasteiger partial charge in [-0.2, -0.15) is 0 Å². The molecule has 2 heterocycles. The summed E-state index contributed by atoms with van der Waals surface area (Å²) in [7, 11) is 1.71. The van der Waals surface area contributed by atoms with Gasteiger partial charge in [0, 0.05) is 26.7 Å². The predicted octanol–water partition coefficient (Wildman–Crippen LogP) is 1.86. The van der Waals surface area contributed by atoms with Crippen molar-refractivity contribution in [2.45, 2.75) is 26.2 Å². The number of aromatic nitrogens is 2. The molecular weight excluding hydrogens is 276 g/mol. The highest BCUT2D eigenvalue weighted by molar-refractivity contribution is 7.17. The Kier molecular flexibility index (Phi) is 5.72. The van der Waals surface area contributed by atoms with Crippen molar-refractivity contribution in [3.05, 3.63) is 5.01 Å². The molecule has 1 atom stereocenters. The SMILES string of the molecule is CCCNc1nnc(C(=O)N2CCCC(COC)C2)s1. The molecule has 1 aromatic rings. The normalized spacial score (nSPS) is 19.1. The van der Waals surface area contributed by atoms with Crippen LogP contribution in [-0.4, -0.2) is 54.4 Å². The molecule has 0 aromatic carbocycles. The first-order valence-electron chi connectivity index (χ1n) is 7.10. The quantitative estimate of drug-likeness (QED) is 0.868. The Morgan fingerprint density at radius 3 is 3.15 bits per heavy atom. The van der Waals surface area contributed by atoms with E-state index < -0.39 is 0 Å². The predicted molar refractivity (Wildman–Crippen MR) is 79.2 cm³/mol. The lowest BCUT2D eigenvalue weighted by Gasteiger charge is -2.31. The molecule has 0 spiro atoms. The van der Waals surface area contributed by atoms with Gasteiger partial charge in [0.15, 0.2) is 0 Å². The second kappa shape index (κ2) is 7.54. The summed E-state index contributed by atoms with van der Waals surface area (Å²) >= 11 is 1.33. The van der Waals surface area contributed by atoms with Crippen LogP contribution in [0.5, 0.6) is 0 Å². The summed E-state index contributed by atoms with van der Waals surface area (Å²) in [5, 5.41) is 12.4. The Morgan fingerprint density at radius 2 is 2.40 bits per heavy atom. The number of hydrogen-bond acceptors (Lipinski definition) is 6. The van der Waals surface area contributed by atoms with E-state index in [0.29, 0.717) is 17.5 Å². The van der Waals surface area contributed by atoms with Gasteiger partial charge in [-0.15, -0.1) is 10.2 Å². The highest BCUT2D eigenvalue weighted by Gasteiger charge is 2.26. The van der Waals surface area contributed by atoms with E-state index in [4.69, 9.17) is 4.74 Å². The first kappa shape index (κ1) is 15.2. The number of carbonyl (C=O) groups excluding carboxylic acids is 1. The third-order valence-corrected chi connectivity index (χ3v) is 4.21. The molecule has 0 radical (unpaired) electrons. The number of rotatable bonds is 6. The highest BCUT2D eigenvalue weighted by atomic mass is 32.1. The first-order valence-corrected chi connectivity index (χ1v) is 7.91. The van der Waals surface area contributed by atoms with Gasteiger partial charge in [0.25, 0.3) is 5.91 Å². The number of likely N-dealkylation sites (tertiary alicyclic amines) is 1. The Labute approximate surface area is 123 Å². The summed E-state index contributed by atoms with van der Waals surface area (Å²) in [6.45, 7) is 5.20. The maximum absolute atomic E-state index is 12.4. The van der Waals surface area contributed by atoms with E-state index in [-0.39, 0.29) is 5.91 Å². The van der Waals surface area contributed by atoms with Gasteiger partial charge in [0.1, 0.15) is 0 Å². The number of piperidine rings is 1. The van der Waals surface area contributed by atoms with Crippen molar-refractivity contribution in [3.8, 4) is 0 Å². The van der Waals surface area contributed by atoms with Crippen LogP contribution >= 0.6 is 11.3 Å². The van der Waals surface area contributed by atoms with Crippen LogP contribution < -0.4 is 5.32 Å². The zero-order valence-electron chi connectivity index (χ0n) is 12.1. The lowest BCUT2D eigenvalue weighted by molar-refractivity contribution is 0.0570. The minimum Gasteiger partial charge on any atom is -0.384 e. The van der Waals surface area contributed by atoms with Crippen LogP contribution in [0, 0.1) is 5.92 Å². The average molecular weight is 298 g/mol. The number of carbonyl (C=O) groups is 1. The molecule has 0 bridgehead atoms.